The van der Waals surface area contributed by atoms with Gasteiger partial charge in [-0.3, -0.25) is 4.79 Å². The van der Waals surface area contributed by atoms with Crippen molar-refractivity contribution in [2.45, 2.75) is 26.7 Å². The van der Waals surface area contributed by atoms with Gasteiger partial charge in [-0.15, -0.1) is 10.2 Å². The van der Waals surface area contributed by atoms with Gasteiger partial charge in [-0.2, -0.15) is 9.61 Å². The highest BCUT2D eigenvalue weighted by Crippen LogP contribution is 2.22. The maximum atomic E-state index is 11.5. The quantitative estimate of drug-likeness (QED) is 0.753. The van der Waals surface area contributed by atoms with Crippen LogP contribution in [0, 0.1) is 6.92 Å². The number of aryl methyl sites for hydroxylation is 1. The molecule has 16 heavy (non-hydrogen) atoms. The summed E-state index contributed by atoms with van der Waals surface area (Å²) in [7, 11) is 0. The molecule has 0 saturated heterocycles. The molecule has 0 amide bonds. The van der Waals surface area contributed by atoms with Crippen LogP contribution in [0.3, 0.4) is 0 Å². The minimum Gasteiger partial charge on any atom is -0.465 e. The maximum Gasteiger partial charge on any atom is 0.315 e. The van der Waals surface area contributed by atoms with Gasteiger partial charge in [0.15, 0.2) is 5.82 Å². The Morgan fingerprint density at radius 2 is 2.31 bits per heavy atom. The number of nitrogens with zero attached hydrogens (tertiary/aromatic N) is 4. The van der Waals surface area contributed by atoms with Gasteiger partial charge in [0.1, 0.15) is 10.9 Å². The molecular formula is C9H12N4O2S. The summed E-state index contributed by atoms with van der Waals surface area (Å²) in [5, 5.41) is 12.8. The van der Waals surface area contributed by atoms with Gasteiger partial charge < -0.3 is 4.74 Å². The lowest BCUT2D eigenvalue weighted by atomic mass is 10.2. The minimum atomic E-state index is -0.356. The van der Waals surface area contributed by atoms with E-state index in [1.165, 1.54) is 11.3 Å². The first-order valence-electron chi connectivity index (χ1n) is 4.99. The van der Waals surface area contributed by atoms with E-state index in [-0.39, 0.29) is 11.9 Å². The van der Waals surface area contributed by atoms with E-state index in [4.69, 9.17) is 4.74 Å². The molecule has 1 atom stereocenters. The van der Waals surface area contributed by atoms with E-state index in [1.54, 1.807) is 18.4 Å². The molecule has 0 aliphatic carbocycles. The number of esters is 1. The van der Waals surface area contributed by atoms with Crippen molar-refractivity contribution >= 4 is 22.3 Å². The highest BCUT2D eigenvalue weighted by atomic mass is 32.1. The summed E-state index contributed by atoms with van der Waals surface area (Å²) in [6, 6.07) is 0. The van der Waals surface area contributed by atoms with E-state index in [9.17, 15) is 4.79 Å². The monoisotopic (exact) mass is 240 g/mol. The molecule has 0 fully saturated rings. The van der Waals surface area contributed by atoms with Crippen molar-refractivity contribution in [3.05, 3.63) is 10.8 Å². The van der Waals surface area contributed by atoms with Crippen LogP contribution in [0.25, 0.3) is 4.96 Å². The van der Waals surface area contributed by atoms with Crippen LogP contribution in [0.5, 0.6) is 0 Å². The lowest BCUT2D eigenvalue weighted by molar-refractivity contribution is -0.144. The molecule has 0 aromatic carbocycles. The smallest absolute Gasteiger partial charge is 0.315 e. The molecule has 2 heterocycles. The number of carbonyl (C=O) groups is 1. The van der Waals surface area contributed by atoms with Crippen LogP contribution in [-0.2, 0) is 9.53 Å². The molecule has 0 saturated carbocycles. The Morgan fingerprint density at radius 1 is 1.56 bits per heavy atom. The van der Waals surface area contributed by atoms with Gasteiger partial charge in [-0.25, -0.2) is 0 Å². The molecule has 2 aromatic rings. The van der Waals surface area contributed by atoms with Gasteiger partial charge in [0.2, 0.25) is 4.96 Å². The number of fused-ring (bicyclic) bond motifs is 1. The van der Waals surface area contributed by atoms with Crippen LogP contribution in [0.1, 0.15) is 30.6 Å². The SMILES string of the molecule is CCOC(=O)C(C)c1nn2c(C)nnc2s1. The number of aromatic nitrogens is 4. The van der Waals surface area contributed by atoms with E-state index < -0.39 is 0 Å². The zero-order valence-corrected chi connectivity index (χ0v) is 10.1. The van der Waals surface area contributed by atoms with E-state index in [2.05, 4.69) is 15.3 Å². The first-order valence-corrected chi connectivity index (χ1v) is 5.80. The number of rotatable bonds is 3. The van der Waals surface area contributed by atoms with E-state index in [1.807, 2.05) is 6.92 Å². The minimum absolute atomic E-state index is 0.259. The Bertz CT molecular complexity index is 519. The van der Waals surface area contributed by atoms with Crippen LogP contribution < -0.4 is 0 Å². The first-order chi connectivity index (χ1) is 7.63. The highest BCUT2D eigenvalue weighted by molar-refractivity contribution is 7.16. The molecule has 2 rings (SSSR count). The average Bonchev–Trinajstić information content (AvgIpc) is 2.81. The molecule has 0 aliphatic rings. The molecule has 2 aromatic heterocycles. The van der Waals surface area contributed by atoms with Crippen molar-refractivity contribution in [3.63, 3.8) is 0 Å². The summed E-state index contributed by atoms with van der Waals surface area (Å²) >= 11 is 1.36. The third kappa shape index (κ3) is 1.78. The molecule has 0 N–H and O–H groups in total. The summed E-state index contributed by atoms with van der Waals surface area (Å²) in [6.45, 7) is 5.76. The third-order valence-corrected chi connectivity index (χ3v) is 3.25. The number of carbonyl (C=O) groups excluding carboxylic acids is 1. The lowest BCUT2D eigenvalue weighted by Gasteiger charge is -2.05. The predicted molar refractivity (Wildman–Crippen MR) is 58.4 cm³/mol. The fourth-order valence-corrected chi connectivity index (χ4v) is 2.20. The van der Waals surface area contributed by atoms with Crippen LogP contribution in [0.2, 0.25) is 0 Å². The Kier molecular flexibility index (Phi) is 2.86. The van der Waals surface area contributed by atoms with Crippen molar-refractivity contribution in [1.29, 1.82) is 0 Å². The topological polar surface area (TPSA) is 69.4 Å². The molecular weight excluding hydrogens is 228 g/mol. The largest absolute Gasteiger partial charge is 0.465 e. The van der Waals surface area contributed by atoms with Crippen molar-refractivity contribution in [3.8, 4) is 0 Å². The third-order valence-electron chi connectivity index (χ3n) is 2.17. The fraction of sp³-hybridized carbons (Fsp3) is 0.556. The van der Waals surface area contributed by atoms with Crippen molar-refractivity contribution < 1.29 is 9.53 Å². The van der Waals surface area contributed by atoms with Crippen LogP contribution in [-0.4, -0.2) is 32.4 Å². The number of ether oxygens (including phenoxy) is 1. The van der Waals surface area contributed by atoms with Gasteiger partial charge in [0.25, 0.3) is 0 Å². The maximum absolute atomic E-state index is 11.5. The molecule has 7 heteroatoms. The highest BCUT2D eigenvalue weighted by Gasteiger charge is 2.21. The molecule has 1 unspecified atom stereocenters. The zero-order chi connectivity index (χ0) is 11.7. The van der Waals surface area contributed by atoms with Crippen molar-refractivity contribution in [2.75, 3.05) is 6.61 Å². The summed E-state index contributed by atoms with van der Waals surface area (Å²) in [5.74, 6) is 0.102. The average molecular weight is 240 g/mol. The van der Waals surface area contributed by atoms with E-state index in [0.717, 1.165) is 0 Å². The number of hydrogen-bond donors (Lipinski definition) is 0. The molecule has 0 spiro atoms. The molecule has 0 radical (unpaired) electrons. The first kappa shape index (κ1) is 11.0. The Morgan fingerprint density at radius 3 is 2.94 bits per heavy atom. The number of hydrogen-bond acceptors (Lipinski definition) is 6. The normalized spacial score (nSPS) is 12.9. The lowest BCUT2D eigenvalue weighted by Crippen LogP contribution is -2.13. The summed E-state index contributed by atoms with van der Waals surface area (Å²) in [4.78, 5) is 12.2. The second-order valence-electron chi connectivity index (χ2n) is 3.36. The second-order valence-corrected chi connectivity index (χ2v) is 4.34. The summed E-state index contributed by atoms with van der Waals surface area (Å²) in [5.41, 5.74) is 0. The van der Waals surface area contributed by atoms with Gasteiger partial charge in [0, 0.05) is 0 Å². The van der Waals surface area contributed by atoms with Crippen LogP contribution >= 0.6 is 11.3 Å². The molecule has 86 valence electrons. The van der Waals surface area contributed by atoms with Gasteiger partial charge in [0.05, 0.1) is 6.61 Å². The van der Waals surface area contributed by atoms with E-state index in [0.29, 0.717) is 22.4 Å². The Balaban J connectivity index is 2.29. The molecule has 0 bridgehead atoms. The van der Waals surface area contributed by atoms with Gasteiger partial charge in [-0.05, 0) is 20.8 Å². The summed E-state index contributed by atoms with van der Waals surface area (Å²) < 4.78 is 6.58. The van der Waals surface area contributed by atoms with Crippen molar-refractivity contribution in [1.82, 2.24) is 19.8 Å². The Hall–Kier alpha value is -1.50. The standard InChI is InChI=1S/C9H12N4O2S/c1-4-15-8(14)5(2)7-12-13-6(3)10-11-9(13)16-7/h5H,4H2,1-3H3. The van der Waals surface area contributed by atoms with Gasteiger partial charge in [-0.1, -0.05) is 11.3 Å². The predicted octanol–water partition coefficient (Wildman–Crippen LogP) is 1.16. The molecule has 6 nitrogen and oxygen atoms in total. The Labute approximate surface area is 96.3 Å². The molecule has 0 aliphatic heterocycles. The van der Waals surface area contributed by atoms with Crippen LogP contribution in [0.15, 0.2) is 0 Å². The van der Waals surface area contributed by atoms with Gasteiger partial charge >= 0.3 is 5.97 Å². The summed E-state index contributed by atoms with van der Waals surface area (Å²) in [6.07, 6.45) is 0. The second kappa shape index (κ2) is 4.17. The van der Waals surface area contributed by atoms with Crippen LogP contribution in [0.4, 0.5) is 0 Å². The zero-order valence-electron chi connectivity index (χ0n) is 9.30. The van der Waals surface area contributed by atoms with Crippen molar-refractivity contribution in [2.24, 2.45) is 0 Å². The van der Waals surface area contributed by atoms with E-state index >= 15 is 0 Å². The fourth-order valence-electron chi connectivity index (χ4n) is 1.27.